The summed E-state index contributed by atoms with van der Waals surface area (Å²) in [4.78, 5) is 35.9. The van der Waals surface area contributed by atoms with Crippen molar-refractivity contribution in [2.45, 2.75) is 44.9 Å². The minimum absolute atomic E-state index is 0.00171. The van der Waals surface area contributed by atoms with Crippen LogP contribution in [0.1, 0.15) is 41.4 Å². The third-order valence-corrected chi connectivity index (χ3v) is 7.33. The molecule has 4 N–H and O–H groups in total. The Hall–Kier alpha value is -4.97. The molecule has 2 amide bonds. The molecule has 43 heavy (non-hydrogen) atoms. The van der Waals surface area contributed by atoms with Crippen LogP contribution in [0, 0.1) is 11.3 Å². The molecule has 0 aliphatic carbocycles. The lowest BCUT2D eigenvalue weighted by molar-refractivity contribution is -0.141. The highest BCUT2D eigenvalue weighted by atomic mass is 19.4. The number of anilines is 2. The number of likely N-dealkylation sites (tertiary alicyclic amines) is 1. The van der Waals surface area contributed by atoms with Gasteiger partial charge in [-0.2, -0.15) is 23.5 Å². The van der Waals surface area contributed by atoms with Crippen LogP contribution in [0.4, 0.5) is 24.7 Å². The number of halogens is 3. The lowest BCUT2D eigenvalue weighted by Gasteiger charge is -2.23. The summed E-state index contributed by atoms with van der Waals surface area (Å²) in [5, 5.41) is 18.3. The van der Waals surface area contributed by atoms with Crippen LogP contribution in [0.15, 0.2) is 43.0 Å². The van der Waals surface area contributed by atoms with Gasteiger partial charge in [0.25, 0.3) is 5.91 Å². The molecule has 15 heteroatoms. The fourth-order valence-electron chi connectivity index (χ4n) is 5.26. The van der Waals surface area contributed by atoms with Crippen molar-refractivity contribution < 1.29 is 22.8 Å². The molecule has 224 valence electrons. The molecule has 1 fully saturated rings. The Kier molecular flexibility index (Phi) is 8.31. The summed E-state index contributed by atoms with van der Waals surface area (Å²) in [5.41, 5.74) is 6.50. The van der Waals surface area contributed by atoms with E-state index in [2.05, 4.69) is 25.7 Å². The van der Waals surface area contributed by atoms with Crippen LogP contribution >= 0.6 is 0 Å². The number of alkyl halides is 3. The SMILES string of the molecule is CCc1cc(Nc2nccn3c(-c4cn(CC#N)nc4C(F)(F)F)cnc23)ccc1C(=O)NCC(=O)N1CCCC1CN. The van der Waals surface area contributed by atoms with Gasteiger partial charge < -0.3 is 21.3 Å². The summed E-state index contributed by atoms with van der Waals surface area (Å²) in [7, 11) is 0. The van der Waals surface area contributed by atoms with Gasteiger partial charge in [0.15, 0.2) is 17.2 Å². The summed E-state index contributed by atoms with van der Waals surface area (Å²) in [6.07, 6.45) is 2.87. The van der Waals surface area contributed by atoms with E-state index in [0.717, 1.165) is 23.7 Å². The van der Waals surface area contributed by atoms with Gasteiger partial charge in [0.05, 0.1) is 30.1 Å². The van der Waals surface area contributed by atoms with Gasteiger partial charge in [0, 0.05) is 49.0 Å². The monoisotopic (exact) mass is 594 g/mol. The lowest BCUT2D eigenvalue weighted by Crippen LogP contribution is -2.45. The van der Waals surface area contributed by atoms with Crippen molar-refractivity contribution in [1.29, 1.82) is 5.26 Å². The topological polar surface area (TPSA) is 159 Å². The van der Waals surface area contributed by atoms with Gasteiger partial charge in [-0.25, -0.2) is 9.97 Å². The molecular formula is C28H29F3N10O2. The predicted molar refractivity (Wildman–Crippen MR) is 150 cm³/mol. The normalized spacial score (nSPS) is 15.1. The van der Waals surface area contributed by atoms with Gasteiger partial charge >= 0.3 is 6.18 Å². The molecule has 4 aromatic rings. The molecule has 3 aromatic heterocycles. The maximum atomic E-state index is 13.7. The maximum Gasteiger partial charge on any atom is 0.435 e. The van der Waals surface area contributed by atoms with Gasteiger partial charge in [0.1, 0.15) is 6.54 Å². The van der Waals surface area contributed by atoms with E-state index in [9.17, 15) is 22.8 Å². The molecule has 1 unspecified atom stereocenters. The fraction of sp³-hybridized carbons (Fsp3) is 0.357. The molecule has 0 saturated carbocycles. The zero-order valence-electron chi connectivity index (χ0n) is 23.2. The third kappa shape index (κ3) is 6.00. The van der Waals surface area contributed by atoms with E-state index in [-0.39, 0.29) is 53.7 Å². The summed E-state index contributed by atoms with van der Waals surface area (Å²) in [6, 6.07) is 6.86. The summed E-state index contributed by atoms with van der Waals surface area (Å²) >= 11 is 0. The quantitative estimate of drug-likeness (QED) is 0.267. The first kappa shape index (κ1) is 29.5. The number of carbonyl (C=O) groups is 2. The molecule has 0 spiro atoms. The smallest absolute Gasteiger partial charge is 0.343 e. The van der Waals surface area contributed by atoms with E-state index in [4.69, 9.17) is 11.0 Å². The van der Waals surface area contributed by atoms with Crippen LogP contribution in [0.25, 0.3) is 16.9 Å². The van der Waals surface area contributed by atoms with Crippen molar-refractivity contribution in [2.75, 3.05) is 25.0 Å². The number of carbonyl (C=O) groups excluding carboxylic acids is 2. The average molecular weight is 595 g/mol. The Balaban J connectivity index is 1.36. The van der Waals surface area contributed by atoms with E-state index in [1.54, 1.807) is 29.2 Å². The molecule has 1 aliphatic rings. The number of imidazole rings is 1. The number of nitrogens with zero attached hydrogens (tertiary/aromatic N) is 7. The zero-order chi connectivity index (χ0) is 30.7. The molecule has 1 atom stereocenters. The second-order valence-corrected chi connectivity index (χ2v) is 10.0. The average Bonchev–Trinajstić information content (AvgIpc) is 3.74. The molecule has 0 bridgehead atoms. The number of nitriles is 1. The van der Waals surface area contributed by atoms with Crippen molar-refractivity contribution in [3.8, 4) is 17.3 Å². The highest BCUT2D eigenvalue weighted by Crippen LogP contribution is 2.37. The van der Waals surface area contributed by atoms with Gasteiger partial charge in [0.2, 0.25) is 5.91 Å². The Morgan fingerprint density at radius 1 is 1.26 bits per heavy atom. The van der Waals surface area contributed by atoms with Gasteiger partial charge in [-0.05, 0) is 43.0 Å². The van der Waals surface area contributed by atoms with Gasteiger partial charge in [-0.3, -0.25) is 18.7 Å². The van der Waals surface area contributed by atoms with Crippen LogP contribution in [-0.4, -0.2) is 66.5 Å². The van der Waals surface area contributed by atoms with Gasteiger partial charge in [-0.1, -0.05) is 6.92 Å². The highest BCUT2D eigenvalue weighted by molar-refractivity contribution is 5.98. The summed E-state index contributed by atoms with van der Waals surface area (Å²) in [6.45, 7) is 2.44. The predicted octanol–water partition coefficient (Wildman–Crippen LogP) is 3.12. The minimum atomic E-state index is -4.74. The number of rotatable bonds is 9. The van der Waals surface area contributed by atoms with Crippen molar-refractivity contribution in [1.82, 2.24) is 34.4 Å². The maximum absolute atomic E-state index is 13.7. The van der Waals surface area contributed by atoms with Gasteiger partial charge in [-0.15, -0.1) is 0 Å². The van der Waals surface area contributed by atoms with Crippen LogP contribution in [0.3, 0.4) is 0 Å². The molecule has 1 saturated heterocycles. The number of hydrogen-bond acceptors (Lipinski definition) is 8. The van der Waals surface area contributed by atoms with Crippen molar-refractivity contribution in [2.24, 2.45) is 5.73 Å². The second kappa shape index (κ2) is 12.1. The van der Waals surface area contributed by atoms with E-state index >= 15 is 0 Å². The largest absolute Gasteiger partial charge is 0.435 e. The number of nitrogens with one attached hydrogen (secondary N) is 2. The number of aryl methyl sites for hydroxylation is 1. The van der Waals surface area contributed by atoms with Crippen LogP contribution in [0.5, 0.6) is 0 Å². The molecule has 1 aliphatic heterocycles. The van der Waals surface area contributed by atoms with Crippen LogP contribution in [0.2, 0.25) is 0 Å². The Morgan fingerprint density at radius 2 is 2.07 bits per heavy atom. The number of hydrogen-bond donors (Lipinski definition) is 3. The van der Waals surface area contributed by atoms with E-state index in [0.29, 0.717) is 36.3 Å². The minimum Gasteiger partial charge on any atom is -0.343 e. The number of benzene rings is 1. The number of aromatic nitrogens is 5. The molecular weight excluding hydrogens is 565 g/mol. The molecule has 1 aromatic carbocycles. The first-order valence-corrected chi connectivity index (χ1v) is 13.7. The fourth-order valence-corrected chi connectivity index (χ4v) is 5.26. The zero-order valence-corrected chi connectivity index (χ0v) is 23.2. The highest BCUT2D eigenvalue weighted by Gasteiger charge is 2.38. The van der Waals surface area contributed by atoms with E-state index < -0.39 is 11.9 Å². The first-order valence-electron chi connectivity index (χ1n) is 13.7. The second-order valence-electron chi connectivity index (χ2n) is 10.0. The van der Waals surface area contributed by atoms with Crippen molar-refractivity contribution >= 4 is 29.0 Å². The van der Waals surface area contributed by atoms with Crippen LogP contribution < -0.4 is 16.4 Å². The summed E-state index contributed by atoms with van der Waals surface area (Å²) in [5.74, 6) is -0.275. The Bertz CT molecular complexity index is 1710. The first-order chi connectivity index (χ1) is 20.6. The molecule has 4 heterocycles. The number of fused-ring (bicyclic) bond motifs is 1. The van der Waals surface area contributed by atoms with E-state index in [1.165, 1.54) is 23.0 Å². The Labute approximate surface area is 244 Å². The molecule has 0 radical (unpaired) electrons. The van der Waals surface area contributed by atoms with Crippen LogP contribution in [-0.2, 0) is 23.9 Å². The Morgan fingerprint density at radius 3 is 2.79 bits per heavy atom. The van der Waals surface area contributed by atoms with Crippen molar-refractivity contribution in [3.63, 3.8) is 0 Å². The van der Waals surface area contributed by atoms with E-state index in [1.807, 2.05) is 6.92 Å². The third-order valence-electron chi connectivity index (χ3n) is 7.33. The number of nitrogens with two attached hydrogens (primary N) is 1. The molecule has 12 nitrogen and oxygen atoms in total. The molecule has 5 rings (SSSR count). The standard InChI is InChI=1S/C28H29F3N10O2/c1-2-17-12-18(5-6-20(17)27(43)36-15-23(42)40-9-3-4-19(40)13-33)37-25-26-35-14-22(41(26)11-8-34-25)21-16-39(10-7-32)38-24(21)28(29,30)31/h5-6,8,11-12,14,16,19H,2-4,9-10,13,15,33H2,1H3,(H,34,37)(H,36,43). The number of amides is 2. The lowest BCUT2D eigenvalue weighted by atomic mass is 10.0. The summed E-state index contributed by atoms with van der Waals surface area (Å²) < 4.78 is 43.6. The van der Waals surface area contributed by atoms with Crippen molar-refractivity contribution in [3.05, 3.63) is 59.8 Å².